The summed E-state index contributed by atoms with van der Waals surface area (Å²) in [6.45, 7) is 8.10. The summed E-state index contributed by atoms with van der Waals surface area (Å²) in [4.78, 5) is 5.57. The Balaban J connectivity index is 1.87. The van der Waals surface area contributed by atoms with Crippen LogP contribution in [-0.4, -0.2) is 27.0 Å². The second-order valence-corrected chi connectivity index (χ2v) is 7.15. The number of nitrogens with zero attached hydrogens (tertiary/aromatic N) is 3. The molecule has 0 saturated carbocycles. The number of benzene rings is 1. The van der Waals surface area contributed by atoms with Crippen LogP contribution in [0.3, 0.4) is 0 Å². The minimum atomic E-state index is 0.641. The lowest BCUT2D eigenvalue weighted by atomic mass is 10.1. The van der Waals surface area contributed by atoms with E-state index in [2.05, 4.69) is 55.5 Å². The van der Waals surface area contributed by atoms with Crippen molar-refractivity contribution in [3.63, 3.8) is 0 Å². The van der Waals surface area contributed by atoms with Gasteiger partial charge in [0.25, 0.3) is 0 Å². The lowest BCUT2D eigenvalue weighted by molar-refractivity contribution is 0.488. The second-order valence-electron chi connectivity index (χ2n) is 6.74. The molecule has 2 aromatic rings. The molecule has 24 heavy (non-hydrogen) atoms. The first-order valence-corrected chi connectivity index (χ1v) is 8.94. The van der Waals surface area contributed by atoms with Crippen LogP contribution in [0.1, 0.15) is 43.5 Å². The van der Waals surface area contributed by atoms with Crippen LogP contribution in [-0.2, 0) is 6.54 Å². The van der Waals surface area contributed by atoms with E-state index in [9.17, 15) is 0 Å². The number of thiocarbonyl (C=S) groups is 1. The van der Waals surface area contributed by atoms with Crippen LogP contribution in [0.4, 0.5) is 5.69 Å². The second kappa shape index (κ2) is 7.26. The highest BCUT2D eigenvalue weighted by Gasteiger charge is 2.20. The zero-order valence-electron chi connectivity index (χ0n) is 14.5. The summed E-state index contributed by atoms with van der Waals surface area (Å²) in [6.07, 6.45) is 4.12. The summed E-state index contributed by atoms with van der Waals surface area (Å²) in [5.74, 6) is 0.704. The van der Waals surface area contributed by atoms with Gasteiger partial charge in [-0.1, -0.05) is 55.9 Å². The fourth-order valence-electron chi connectivity index (χ4n) is 2.85. The van der Waals surface area contributed by atoms with Crippen LogP contribution in [0, 0.1) is 12.8 Å². The molecule has 126 valence electrons. The average Bonchev–Trinajstić information content (AvgIpc) is 2.86. The third-order valence-corrected chi connectivity index (χ3v) is 4.58. The monoisotopic (exact) mass is 340 g/mol. The molecule has 0 aliphatic carbocycles. The van der Waals surface area contributed by atoms with Gasteiger partial charge in [0.1, 0.15) is 16.4 Å². The van der Waals surface area contributed by atoms with Crippen LogP contribution in [0.15, 0.2) is 35.5 Å². The highest BCUT2D eigenvalue weighted by molar-refractivity contribution is 7.80. The summed E-state index contributed by atoms with van der Waals surface area (Å²) < 4.78 is 1.99. The highest BCUT2D eigenvalue weighted by Crippen LogP contribution is 2.23. The standard InChI is InChI=1S/C19H24N4S/c1-13(2)5-4-10-23-18-17(12-21-23)22-16(11-20-19(18)24)15-8-6-14(3)7-9-15/h6-9,12-13H,4-5,10-11H2,1-3H3,(H,20,24). The number of aromatic nitrogens is 2. The molecular weight excluding hydrogens is 316 g/mol. The van der Waals surface area contributed by atoms with Crippen molar-refractivity contribution in [2.75, 3.05) is 6.54 Å². The molecule has 5 heteroatoms. The van der Waals surface area contributed by atoms with E-state index in [0.29, 0.717) is 12.5 Å². The summed E-state index contributed by atoms with van der Waals surface area (Å²) in [7, 11) is 0. The molecule has 0 bridgehead atoms. The Morgan fingerprint density at radius 3 is 2.71 bits per heavy atom. The van der Waals surface area contributed by atoms with Gasteiger partial charge in [-0.2, -0.15) is 5.10 Å². The maximum absolute atomic E-state index is 5.57. The molecule has 1 N–H and O–H groups in total. The van der Waals surface area contributed by atoms with Gasteiger partial charge in [0.15, 0.2) is 0 Å². The highest BCUT2D eigenvalue weighted by atomic mass is 32.1. The summed E-state index contributed by atoms with van der Waals surface area (Å²) in [6, 6.07) is 8.43. The van der Waals surface area contributed by atoms with Gasteiger partial charge in [-0.15, -0.1) is 0 Å². The van der Waals surface area contributed by atoms with Gasteiger partial charge in [0, 0.05) is 6.54 Å². The molecule has 0 amide bonds. The topological polar surface area (TPSA) is 42.2 Å². The predicted octanol–water partition coefficient (Wildman–Crippen LogP) is 4.03. The Hall–Kier alpha value is -2.01. The minimum absolute atomic E-state index is 0.641. The largest absolute Gasteiger partial charge is 0.369 e. The lowest BCUT2D eigenvalue weighted by Gasteiger charge is -2.10. The Morgan fingerprint density at radius 2 is 2.00 bits per heavy atom. The van der Waals surface area contributed by atoms with Crippen molar-refractivity contribution in [3.8, 4) is 0 Å². The van der Waals surface area contributed by atoms with E-state index in [0.717, 1.165) is 40.6 Å². The summed E-state index contributed by atoms with van der Waals surface area (Å²) >= 11 is 5.57. The van der Waals surface area contributed by atoms with Gasteiger partial charge >= 0.3 is 0 Å². The molecule has 1 aromatic carbocycles. The zero-order chi connectivity index (χ0) is 17.1. The van der Waals surface area contributed by atoms with Crippen LogP contribution >= 0.6 is 12.2 Å². The first-order valence-electron chi connectivity index (χ1n) is 8.53. The number of aryl methyl sites for hydroxylation is 2. The predicted molar refractivity (Wildman–Crippen MR) is 103 cm³/mol. The van der Waals surface area contributed by atoms with Crippen molar-refractivity contribution in [2.45, 2.75) is 40.2 Å². The molecule has 0 unspecified atom stereocenters. The number of hydrogen-bond acceptors (Lipinski definition) is 3. The van der Waals surface area contributed by atoms with E-state index in [1.807, 2.05) is 10.9 Å². The molecule has 3 rings (SSSR count). The Kier molecular flexibility index (Phi) is 5.09. The first kappa shape index (κ1) is 16.8. The minimum Gasteiger partial charge on any atom is -0.369 e. The third-order valence-electron chi connectivity index (χ3n) is 4.24. The van der Waals surface area contributed by atoms with E-state index >= 15 is 0 Å². The van der Waals surface area contributed by atoms with Crippen LogP contribution in [0.25, 0.3) is 0 Å². The molecule has 0 radical (unpaired) electrons. The van der Waals surface area contributed by atoms with Crippen molar-refractivity contribution in [1.82, 2.24) is 15.1 Å². The molecule has 1 aliphatic rings. The molecule has 1 aliphatic heterocycles. The number of hydrogen-bond donors (Lipinski definition) is 1. The quantitative estimate of drug-likeness (QED) is 0.836. The fraction of sp³-hybridized carbons (Fsp3) is 0.421. The van der Waals surface area contributed by atoms with Gasteiger partial charge in [-0.05, 0) is 31.2 Å². The van der Waals surface area contributed by atoms with Gasteiger partial charge in [-0.25, -0.2) is 4.99 Å². The maximum atomic E-state index is 5.57. The Labute approximate surface area is 149 Å². The lowest BCUT2D eigenvalue weighted by Crippen LogP contribution is -2.29. The van der Waals surface area contributed by atoms with Crippen molar-refractivity contribution in [1.29, 1.82) is 0 Å². The first-order chi connectivity index (χ1) is 11.5. The van der Waals surface area contributed by atoms with E-state index < -0.39 is 0 Å². The zero-order valence-corrected chi connectivity index (χ0v) is 15.4. The maximum Gasteiger partial charge on any atom is 0.127 e. The third kappa shape index (κ3) is 3.73. The summed E-state index contributed by atoms with van der Waals surface area (Å²) in [5, 5.41) is 7.84. The Bertz CT molecular complexity index is 756. The fourth-order valence-corrected chi connectivity index (χ4v) is 3.14. The molecule has 0 fully saturated rings. The van der Waals surface area contributed by atoms with Crippen LogP contribution in [0.5, 0.6) is 0 Å². The van der Waals surface area contributed by atoms with Gasteiger partial charge < -0.3 is 5.32 Å². The average molecular weight is 340 g/mol. The molecule has 2 heterocycles. The summed E-state index contributed by atoms with van der Waals surface area (Å²) in [5.41, 5.74) is 5.17. The molecule has 0 atom stereocenters. The molecule has 0 spiro atoms. The van der Waals surface area contributed by atoms with Crippen molar-refractivity contribution >= 4 is 28.6 Å². The van der Waals surface area contributed by atoms with Gasteiger partial charge in [0.05, 0.1) is 18.5 Å². The van der Waals surface area contributed by atoms with E-state index in [1.165, 1.54) is 12.0 Å². The van der Waals surface area contributed by atoms with Crippen LogP contribution in [0.2, 0.25) is 0 Å². The SMILES string of the molecule is Cc1ccc(C2=Nc3cnn(CCCC(C)C)c3C(=S)NC2)cc1. The van der Waals surface area contributed by atoms with E-state index in [4.69, 9.17) is 17.2 Å². The smallest absolute Gasteiger partial charge is 0.127 e. The number of nitrogens with one attached hydrogen (secondary N) is 1. The normalized spacial score (nSPS) is 14.2. The molecular formula is C19H24N4S. The van der Waals surface area contributed by atoms with Crippen molar-refractivity contribution < 1.29 is 0 Å². The molecule has 4 nitrogen and oxygen atoms in total. The number of rotatable bonds is 5. The van der Waals surface area contributed by atoms with E-state index in [-0.39, 0.29) is 0 Å². The van der Waals surface area contributed by atoms with Crippen LogP contribution < -0.4 is 5.32 Å². The van der Waals surface area contributed by atoms with Crippen molar-refractivity contribution in [2.24, 2.45) is 10.9 Å². The van der Waals surface area contributed by atoms with E-state index in [1.54, 1.807) is 0 Å². The number of fused-ring (bicyclic) bond motifs is 1. The Morgan fingerprint density at radius 1 is 1.25 bits per heavy atom. The molecule has 0 saturated heterocycles. The molecule has 1 aromatic heterocycles. The number of aliphatic imine (C=N–C) groups is 1. The van der Waals surface area contributed by atoms with Gasteiger partial charge in [-0.3, -0.25) is 4.68 Å². The van der Waals surface area contributed by atoms with Gasteiger partial charge in [0.2, 0.25) is 0 Å². The van der Waals surface area contributed by atoms with Crippen molar-refractivity contribution in [3.05, 3.63) is 47.3 Å².